The number of amides is 1. The fourth-order valence-corrected chi connectivity index (χ4v) is 9.32. The van der Waals surface area contributed by atoms with Crippen molar-refractivity contribution < 1.29 is 24.5 Å². The van der Waals surface area contributed by atoms with Crippen molar-refractivity contribution in [2.75, 3.05) is 6.61 Å². The molecular weight excluding hydrogens is 779 g/mol. The van der Waals surface area contributed by atoms with Crippen LogP contribution >= 0.6 is 0 Å². The van der Waals surface area contributed by atoms with Gasteiger partial charge < -0.3 is 20.3 Å². The third-order valence-electron chi connectivity index (χ3n) is 13.7. The molecule has 3 unspecified atom stereocenters. The summed E-state index contributed by atoms with van der Waals surface area (Å²) in [6, 6.07) is -0.693. The highest BCUT2D eigenvalue weighted by Gasteiger charge is 2.24. The Balaban J connectivity index is 4.45. The zero-order valence-electron chi connectivity index (χ0n) is 43.0. The molecule has 0 spiro atoms. The molecule has 0 bridgehead atoms. The number of aliphatic hydroxyl groups is 2. The van der Waals surface area contributed by atoms with Gasteiger partial charge in [-0.05, 0) is 25.7 Å². The van der Waals surface area contributed by atoms with Crippen LogP contribution in [0.5, 0.6) is 0 Å². The lowest BCUT2D eigenvalue weighted by molar-refractivity contribution is -0.151. The lowest BCUT2D eigenvalue weighted by Crippen LogP contribution is -2.46. The molecule has 0 rings (SSSR count). The fourth-order valence-electron chi connectivity index (χ4n) is 9.32. The highest BCUT2D eigenvalue weighted by molar-refractivity contribution is 5.77. The first-order valence-electron chi connectivity index (χ1n) is 28.8. The van der Waals surface area contributed by atoms with Crippen molar-refractivity contribution in [3.05, 3.63) is 0 Å². The number of hydrogen-bond acceptors (Lipinski definition) is 5. The van der Waals surface area contributed by atoms with E-state index in [4.69, 9.17) is 4.74 Å². The predicted molar refractivity (Wildman–Crippen MR) is 274 cm³/mol. The number of aliphatic hydroxyl groups excluding tert-OH is 2. The number of rotatable bonds is 53. The van der Waals surface area contributed by atoms with Crippen molar-refractivity contribution >= 4 is 11.9 Å². The van der Waals surface area contributed by atoms with Gasteiger partial charge in [0.05, 0.1) is 25.2 Å². The molecule has 3 N–H and O–H groups in total. The minimum atomic E-state index is -0.780. The largest absolute Gasteiger partial charge is 0.462 e. The molecule has 0 aromatic rings. The van der Waals surface area contributed by atoms with E-state index >= 15 is 0 Å². The Bertz CT molecular complexity index is 913. The maximum atomic E-state index is 13.3. The van der Waals surface area contributed by atoms with Gasteiger partial charge in [-0.25, -0.2) is 0 Å². The normalized spacial score (nSPS) is 13.0. The van der Waals surface area contributed by atoms with Crippen molar-refractivity contribution in [3.8, 4) is 0 Å². The van der Waals surface area contributed by atoms with Gasteiger partial charge in [-0.2, -0.15) is 0 Å². The van der Waals surface area contributed by atoms with Crippen LogP contribution in [0.2, 0.25) is 0 Å². The summed E-state index contributed by atoms with van der Waals surface area (Å²) in [4.78, 5) is 26.2. The summed E-state index contributed by atoms with van der Waals surface area (Å²) in [5.74, 6) is -0.446. The summed E-state index contributed by atoms with van der Waals surface area (Å²) in [5.41, 5.74) is 0. The molecule has 0 radical (unpaired) electrons. The number of carbonyl (C=O) groups excluding carboxylic acids is 2. The van der Waals surface area contributed by atoms with E-state index in [0.29, 0.717) is 19.3 Å². The molecule has 376 valence electrons. The molecule has 0 saturated heterocycles. The lowest BCUT2D eigenvalue weighted by Gasteiger charge is -2.24. The average Bonchev–Trinajstić information content (AvgIpc) is 3.28. The van der Waals surface area contributed by atoms with E-state index < -0.39 is 18.2 Å². The summed E-state index contributed by atoms with van der Waals surface area (Å²) < 4.78 is 5.96. The highest BCUT2D eigenvalue weighted by Crippen LogP contribution is 2.19. The van der Waals surface area contributed by atoms with Crippen LogP contribution < -0.4 is 5.32 Å². The van der Waals surface area contributed by atoms with E-state index in [1.807, 2.05) is 0 Å². The molecule has 0 heterocycles. The Labute approximate surface area is 394 Å². The van der Waals surface area contributed by atoms with Gasteiger partial charge in [0.1, 0.15) is 6.10 Å². The van der Waals surface area contributed by atoms with Crippen molar-refractivity contribution in [1.29, 1.82) is 0 Å². The molecule has 0 aromatic heterocycles. The Morgan fingerprint density at radius 3 is 0.968 bits per heavy atom. The van der Waals surface area contributed by atoms with Gasteiger partial charge in [0.2, 0.25) is 5.91 Å². The van der Waals surface area contributed by atoms with Crippen LogP contribution in [0, 0.1) is 0 Å². The average molecular weight is 893 g/mol. The first-order chi connectivity index (χ1) is 31.0. The molecule has 0 aromatic carbocycles. The van der Waals surface area contributed by atoms with Crippen LogP contribution in [0.15, 0.2) is 0 Å². The van der Waals surface area contributed by atoms with Gasteiger partial charge in [0.15, 0.2) is 0 Å². The molecule has 0 fully saturated rings. The summed E-state index contributed by atoms with van der Waals surface area (Å²) in [6.45, 7) is 6.53. The standard InChI is InChI=1S/C57H113NO5/c1-4-7-10-13-16-19-22-25-27-28-30-32-34-37-40-43-46-49-55(60)54(52-59)58-56(61)51-53(48-45-42-39-36-33-31-29-26-23-20-17-14-11-8-5-2)63-57(62)50-47-44-41-38-35-24-21-18-15-12-9-6-3/h53-55,59-60H,4-52H2,1-3H3,(H,58,61). The van der Waals surface area contributed by atoms with Crippen molar-refractivity contribution in [2.45, 2.75) is 347 Å². The lowest BCUT2D eigenvalue weighted by atomic mass is 10.0. The van der Waals surface area contributed by atoms with Crippen LogP contribution in [0.3, 0.4) is 0 Å². The Hall–Kier alpha value is -1.14. The molecule has 6 nitrogen and oxygen atoms in total. The number of ether oxygens (including phenoxy) is 1. The summed E-state index contributed by atoms with van der Waals surface area (Å²) >= 11 is 0. The summed E-state index contributed by atoms with van der Waals surface area (Å²) in [7, 11) is 0. The quantitative estimate of drug-likeness (QED) is 0.0418. The maximum Gasteiger partial charge on any atom is 0.306 e. The van der Waals surface area contributed by atoms with Crippen molar-refractivity contribution in [3.63, 3.8) is 0 Å². The zero-order valence-corrected chi connectivity index (χ0v) is 43.0. The van der Waals surface area contributed by atoms with Crippen LogP contribution in [0.25, 0.3) is 0 Å². The molecule has 0 aliphatic heterocycles. The van der Waals surface area contributed by atoms with E-state index in [0.717, 1.165) is 38.5 Å². The number of esters is 1. The first-order valence-corrected chi connectivity index (χ1v) is 28.8. The second-order valence-electron chi connectivity index (χ2n) is 20.1. The van der Waals surface area contributed by atoms with Gasteiger partial charge in [-0.3, -0.25) is 9.59 Å². The molecule has 0 saturated carbocycles. The topological polar surface area (TPSA) is 95.9 Å². The highest BCUT2D eigenvalue weighted by atomic mass is 16.5. The zero-order chi connectivity index (χ0) is 45.9. The van der Waals surface area contributed by atoms with Gasteiger partial charge in [-0.15, -0.1) is 0 Å². The van der Waals surface area contributed by atoms with Crippen LogP contribution in [-0.4, -0.2) is 46.9 Å². The number of nitrogens with one attached hydrogen (secondary N) is 1. The smallest absolute Gasteiger partial charge is 0.306 e. The first kappa shape index (κ1) is 61.9. The molecule has 3 atom stereocenters. The second-order valence-corrected chi connectivity index (χ2v) is 20.1. The van der Waals surface area contributed by atoms with E-state index in [1.165, 1.54) is 244 Å². The molecule has 6 heteroatoms. The fraction of sp³-hybridized carbons (Fsp3) is 0.965. The van der Waals surface area contributed by atoms with E-state index in [2.05, 4.69) is 26.1 Å². The summed E-state index contributed by atoms with van der Waals surface area (Å²) in [6.07, 6.45) is 57.4. The van der Waals surface area contributed by atoms with Crippen molar-refractivity contribution in [2.24, 2.45) is 0 Å². The van der Waals surface area contributed by atoms with E-state index in [1.54, 1.807) is 0 Å². The molecule has 63 heavy (non-hydrogen) atoms. The number of hydrogen-bond donors (Lipinski definition) is 3. The van der Waals surface area contributed by atoms with Gasteiger partial charge >= 0.3 is 5.97 Å². The second kappa shape index (κ2) is 51.8. The third-order valence-corrected chi connectivity index (χ3v) is 13.7. The van der Waals surface area contributed by atoms with Crippen LogP contribution in [0.1, 0.15) is 329 Å². The SMILES string of the molecule is CCCCCCCCCCCCCCCCCCCC(O)C(CO)NC(=O)CC(CCCCCCCCCCCCCCCCC)OC(=O)CCCCCCCCCCCCCC. The maximum absolute atomic E-state index is 13.3. The predicted octanol–water partition coefficient (Wildman–Crippen LogP) is 17.5. The molecule has 1 amide bonds. The van der Waals surface area contributed by atoms with Crippen LogP contribution in [-0.2, 0) is 14.3 Å². The third kappa shape index (κ3) is 47.2. The van der Waals surface area contributed by atoms with E-state index in [-0.39, 0.29) is 24.9 Å². The minimum Gasteiger partial charge on any atom is -0.462 e. The molecular formula is C57H113NO5. The number of unbranched alkanes of at least 4 members (excludes halogenated alkanes) is 41. The van der Waals surface area contributed by atoms with Gasteiger partial charge in [-0.1, -0.05) is 290 Å². The molecule has 0 aliphatic rings. The van der Waals surface area contributed by atoms with Gasteiger partial charge in [0, 0.05) is 6.42 Å². The summed E-state index contributed by atoms with van der Waals surface area (Å²) in [5, 5.41) is 23.9. The number of carbonyl (C=O) groups is 2. The Morgan fingerprint density at radius 2 is 0.667 bits per heavy atom. The van der Waals surface area contributed by atoms with Gasteiger partial charge in [0.25, 0.3) is 0 Å². The van der Waals surface area contributed by atoms with Crippen molar-refractivity contribution in [1.82, 2.24) is 5.32 Å². The Morgan fingerprint density at radius 1 is 0.397 bits per heavy atom. The minimum absolute atomic E-state index is 0.0884. The monoisotopic (exact) mass is 892 g/mol. The molecule has 0 aliphatic carbocycles. The Kier molecular flexibility index (Phi) is 50.9. The van der Waals surface area contributed by atoms with E-state index in [9.17, 15) is 19.8 Å². The van der Waals surface area contributed by atoms with Crippen LogP contribution in [0.4, 0.5) is 0 Å².